The highest BCUT2D eigenvalue weighted by atomic mass is 16.6. The summed E-state index contributed by atoms with van der Waals surface area (Å²) in [5.74, 6) is -1.19. The first-order chi connectivity index (χ1) is 12.2. The Morgan fingerprint density at radius 2 is 1.96 bits per heavy atom. The van der Waals surface area contributed by atoms with Gasteiger partial charge >= 0.3 is 5.97 Å². The number of carboxylic acid groups (broad SMARTS) is 1. The van der Waals surface area contributed by atoms with E-state index in [1.54, 1.807) is 11.8 Å². The molecule has 26 heavy (non-hydrogen) atoms. The average molecular weight is 360 g/mol. The molecular formula is C16H20N6O4. The number of anilines is 1. The van der Waals surface area contributed by atoms with Gasteiger partial charge in [-0.15, -0.1) is 0 Å². The second-order valence-electron chi connectivity index (χ2n) is 6.54. The molecule has 1 aromatic carbocycles. The lowest BCUT2D eigenvalue weighted by Crippen LogP contribution is -2.58. The van der Waals surface area contributed by atoms with E-state index in [1.165, 1.54) is 6.07 Å². The molecule has 1 aromatic rings. The molecule has 0 atom stereocenters. The Morgan fingerprint density at radius 3 is 2.54 bits per heavy atom. The number of hydrogen-bond acceptors (Lipinski definition) is 8. The summed E-state index contributed by atoms with van der Waals surface area (Å²) >= 11 is 0. The minimum atomic E-state index is -1.28. The van der Waals surface area contributed by atoms with Crippen molar-refractivity contribution in [3.63, 3.8) is 0 Å². The predicted octanol–water partition coefficient (Wildman–Crippen LogP) is 1.71. The van der Waals surface area contributed by atoms with E-state index >= 15 is 0 Å². The monoisotopic (exact) mass is 360 g/mol. The van der Waals surface area contributed by atoms with Crippen LogP contribution in [-0.2, 0) is 0 Å². The number of non-ortho nitro benzene ring substituents is 1. The second kappa shape index (κ2) is 6.28. The highest BCUT2D eigenvalue weighted by Gasteiger charge is 2.44. The largest absolute Gasteiger partial charge is 0.478 e. The lowest BCUT2D eigenvalue weighted by Gasteiger charge is -2.46. The van der Waals surface area contributed by atoms with Gasteiger partial charge in [0.2, 0.25) is 11.9 Å². The Balaban J connectivity index is 2.24. The van der Waals surface area contributed by atoms with Crippen LogP contribution < -0.4 is 16.4 Å². The van der Waals surface area contributed by atoms with E-state index in [0.29, 0.717) is 18.4 Å². The normalized spacial score (nSPS) is 19.0. The van der Waals surface area contributed by atoms with Gasteiger partial charge in [0.1, 0.15) is 5.66 Å². The molecule has 1 heterocycles. The SMILES string of the molecule is Cc1cc([N+](=O)[O-])cc(C(=O)O)c1N1C(N)=NC(N)=NC12CCCCC2. The van der Waals surface area contributed by atoms with Crippen molar-refractivity contribution in [3.8, 4) is 0 Å². The molecule has 1 aliphatic carbocycles. The Labute approximate surface area is 149 Å². The first-order valence-corrected chi connectivity index (χ1v) is 8.27. The Morgan fingerprint density at radius 1 is 1.31 bits per heavy atom. The third-order valence-corrected chi connectivity index (χ3v) is 4.80. The van der Waals surface area contributed by atoms with Crippen LogP contribution in [0.2, 0.25) is 0 Å². The summed E-state index contributed by atoms with van der Waals surface area (Å²) < 4.78 is 0. The zero-order chi connectivity index (χ0) is 19.1. The van der Waals surface area contributed by atoms with Crippen LogP contribution in [0.1, 0.15) is 48.0 Å². The maximum absolute atomic E-state index is 11.8. The van der Waals surface area contributed by atoms with E-state index in [0.717, 1.165) is 25.3 Å². The molecule has 1 saturated carbocycles. The first kappa shape index (κ1) is 17.6. The number of nitrogens with zero attached hydrogens (tertiary/aromatic N) is 4. The van der Waals surface area contributed by atoms with Gasteiger partial charge < -0.3 is 16.6 Å². The van der Waals surface area contributed by atoms with Crippen molar-refractivity contribution in [2.75, 3.05) is 4.90 Å². The molecule has 1 spiro atoms. The van der Waals surface area contributed by atoms with Crippen LogP contribution >= 0.6 is 0 Å². The molecular weight excluding hydrogens is 340 g/mol. The molecule has 138 valence electrons. The van der Waals surface area contributed by atoms with E-state index in [2.05, 4.69) is 9.98 Å². The van der Waals surface area contributed by atoms with E-state index in [9.17, 15) is 20.0 Å². The quantitative estimate of drug-likeness (QED) is 0.546. The zero-order valence-corrected chi connectivity index (χ0v) is 14.3. The maximum Gasteiger partial charge on any atom is 0.338 e. The van der Waals surface area contributed by atoms with Crippen molar-refractivity contribution >= 4 is 29.3 Å². The molecule has 0 aromatic heterocycles. The number of aromatic carboxylic acids is 1. The molecule has 0 unspecified atom stereocenters. The van der Waals surface area contributed by atoms with Crippen LogP contribution in [0.5, 0.6) is 0 Å². The third kappa shape index (κ3) is 2.83. The van der Waals surface area contributed by atoms with Crippen LogP contribution in [0.4, 0.5) is 11.4 Å². The van der Waals surface area contributed by atoms with Crippen LogP contribution in [0, 0.1) is 17.0 Å². The molecule has 1 aliphatic heterocycles. The summed E-state index contributed by atoms with van der Waals surface area (Å²) in [7, 11) is 0. The van der Waals surface area contributed by atoms with Gasteiger partial charge in [-0.25, -0.2) is 9.79 Å². The van der Waals surface area contributed by atoms with Gasteiger partial charge in [0.05, 0.1) is 16.2 Å². The van der Waals surface area contributed by atoms with Gasteiger partial charge in [0.25, 0.3) is 5.69 Å². The highest BCUT2D eigenvalue weighted by Crippen LogP contribution is 2.42. The van der Waals surface area contributed by atoms with Crippen molar-refractivity contribution in [1.29, 1.82) is 0 Å². The molecule has 0 saturated heterocycles. The van der Waals surface area contributed by atoms with Crippen LogP contribution in [0.25, 0.3) is 0 Å². The lowest BCUT2D eigenvalue weighted by atomic mass is 9.86. The fraction of sp³-hybridized carbons (Fsp3) is 0.438. The second-order valence-corrected chi connectivity index (χ2v) is 6.54. The lowest BCUT2D eigenvalue weighted by molar-refractivity contribution is -0.384. The minimum Gasteiger partial charge on any atom is -0.478 e. The van der Waals surface area contributed by atoms with E-state index in [4.69, 9.17) is 11.5 Å². The van der Waals surface area contributed by atoms with Gasteiger partial charge in [-0.1, -0.05) is 6.42 Å². The minimum absolute atomic E-state index is 0.0406. The Kier molecular flexibility index (Phi) is 4.26. The van der Waals surface area contributed by atoms with Crippen molar-refractivity contribution in [3.05, 3.63) is 33.4 Å². The van der Waals surface area contributed by atoms with Crippen molar-refractivity contribution in [2.45, 2.75) is 44.7 Å². The van der Waals surface area contributed by atoms with Gasteiger partial charge in [-0.3, -0.25) is 15.0 Å². The molecule has 3 rings (SSSR count). The number of carboxylic acids is 1. The summed E-state index contributed by atoms with van der Waals surface area (Å²) in [6.45, 7) is 1.61. The molecule has 2 aliphatic rings. The topological polar surface area (TPSA) is 160 Å². The molecule has 0 amide bonds. The van der Waals surface area contributed by atoms with E-state index in [1.807, 2.05) is 0 Å². The maximum atomic E-state index is 11.8. The highest BCUT2D eigenvalue weighted by molar-refractivity contribution is 6.09. The number of benzene rings is 1. The molecule has 0 bridgehead atoms. The molecule has 10 heteroatoms. The fourth-order valence-corrected chi connectivity index (χ4v) is 3.77. The summed E-state index contributed by atoms with van der Waals surface area (Å²) in [5, 5.41) is 20.8. The molecule has 1 fully saturated rings. The number of carbonyl (C=O) groups is 1. The fourth-order valence-electron chi connectivity index (χ4n) is 3.77. The zero-order valence-electron chi connectivity index (χ0n) is 14.3. The first-order valence-electron chi connectivity index (χ1n) is 8.27. The number of guanidine groups is 2. The average Bonchev–Trinajstić information content (AvgIpc) is 2.55. The van der Waals surface area contributed by atoms with E-state index in [-0.39, 0.29) is 28.9 Å². The smallest absolute Gasteiger partial charge is 0.338 e. The Hall–Kier alpha value is -3.17. The Bertz CT molecular complexity index is 841. The standard InChI is InChI=1S/C16H20N6O4/c1-9-7-10(22(25)26)8-11(13(23)24)12(9)21-15(18)19-14(17)20-16(21)5-3-2-4-6-16/h7-8H,2-6H2,1H3,(H,23,24)(H4,17,18,19,20). The van der Waals surface area contributed by atoms with Crippen LogP contribution in [0.3, 0.4) is 0 Å². The summed E-state index contributed by atoms with van der Waals surface area (Å²) in [6.07, 6.45) is 4.08. The number of aryl methyl sites for hydroxylation is 1. The number of rotatable bonds is 3. The van der Waals surface area contributed by atoms with E-state index < -0.39 is 16.6 Å². The summed E-state index contributed by atoms with van der Waals surface area (Å²) in [4.78, 5) is 32.5. The van der Waals surface area contributed by atoms with Gasteiger partial charge in [0.15, 0.2) is 0 Å². The summed E-state index contributed by atoms with van der Waals surface area (Å²) in [6, 6.07) is 2.36. The van der Waals surface area contributed by atoms with Crippen molar-refractivity contribution in [2.24, 2.45) is 21.5 Å². The van der Waals surface area contributed by atoms with Crippen LogP contribution in [0.15, 0.2) is 22.1 Å². The number of nitro groups is 1. The van der Waals surface area contributed by atoms with Crippen LogP contribution in [-0.4, -0.2) is 33.6 Å². The van der Waals surface area contributed by atoms with Gasteiger partial charge in [0, 0.05) is 12.1 Å². The molecule has 0 radical (unpaired) electrons. The predicted molar refractivity (Wildman–Crippen MR) is 96.3 cm³/mol. The number of nitro benzene ring substituents is 1. The third-order valence-electron chi connectivity index (χ3n) is 4.80. The number of hydrogen-bond donors (Lipinski definition) is 3. The number of nitrogens with two attached hydrogens (primary N) is 2. The molecule has 5 N–H and O–H groups in total. The van der Waals surface area contributed by atoms with Gasteiger partial charge in [-0.2, -0.15) is 4.99 Å². The van der Waals surface area contributed by atoms with Crippen molar-refractivity contribution in [1.82, 2.24) is 0 Å². The van der Waals surface area contributed by atoms with Crippen molar-refractivity contribution < 1.29 is 14.8 Å². The summed E-state index contributed by atoms with van der Waals surface area (Å²) in [5.41, 5.74) is 11.3. The molecule has 10 nitrogen and oxygen atoms in total. The number of aliphatic imine (C=N–C) groups is 2. The van der Waals surface area contributed by atoms with Gasteiger partial charge in [-0.05, 0) is 38.2 Å².